The maximum absolute atomic E-state index is 14.0. The van der Waals surface area contributed by atoms with Gasteiger partial charge in [-0.3, -0.25) is 9.69 Å². The number of likely N-dealkylation sites (tertiary alicyclic amines) is 1. The highest BCUT2D eigenvalue weighted by Crippen LogP contribution is 2.34. The zero-order valence-electron chi connectivity index (χ0n) is 23.5. The summed E-state index contributed by atoms with van der Waals surface area (Å²) in [5, 5.41) is 3.25. The van der Waals surface area contributed by atoms with E-state index in [1.807, 2.05) is 17.9 Å². The molecule has 1 N–H and O–H groups in total. The molecule has 0 aliphatic carbocycles. The summed E-state index contributed by atoms with van der Waals surface area (Å²) in [6, 6.07) is 9.12. The molecule has 11 heteroatoms. The molecule has 40 heavy (non-hydrogen) atoms. The quantitative estimate of drug-likeness (QED) is 0.312. The smallest absolute Gasteiger partial charge is 0.416 e. The van der Waals surface area contributed by atoms with Crippen LogP contribution in [0.15, 0.2) is 41.3 Å². The lowest BCUT2D eigenvalue weighted by Crippen LogP contribution is -2.37. The van der Waals surface area contributed by atoms with E-state index in [-0.39, 0.29) is 30.1 Å². The number of hydrogen-bond donors (Lipinski definition) is 1. The third-order valence-corrected chi connectivity index (χ3v) is 7.67. The van der Waals surface area contributed by atoms with Gasteiger partial charge in [0, 0.05) is 48.7 Å². The van der Waals surface area contributed by atoms with E-state index in [1.54, 1.807) is 51.7 Å². The highest BCUT2D eigenvalue weighted by atomic mass is 35.5. The first-order chi connectivity index (χ1) is 18.7. The molecule has 6 nitrogen and oxygen atoms in total. The summed E-state index contributed by atoms with van der Waals surface area (Å²) in [7, 11) is 1.66. The number of hydrogen-bond acceptors (Lipinski definition) is 5. The van der Waals surface area contributed by atoms with Crippen LogP contribution in [0, 0.1) is 5.92 Å². The van der Waals surface area contributed by atoms with Crippen molar-refractivity contribution in [2.45, 2.75) is 63.9 Å². The summed E-state index contributed by atoms with van der Waals surface area (Å²) < 4.78 is 47.5. The van der Waals surface area contributed by atoms with Crippen molar-refractivity contribution in [3.8, 4) is 0 Å². The molecule has 2 aromatic rings. The summed E-state index contributed by atoms with van der Waals surface area (Å²) in [4.78, 5) is 29.5. The normalized spacial score (nSPS) is 16.2. The molecule has 3 rings (SSSR count). The van der Waals surface area contributed by atoms with Crippen molar-refractivity contribution in [1.29, 1.82) is 0 Å². The van der Waals surface area contributed by atoms with Crippen LogP contribution in [0.1, 0.15) is 61.2 Å². The molecule has 1 aliphatic heterocycles. The Morgan fingerprint density at radius 2 is 1.88 bits per heavy atom. The number of benzene rings is 2. The number of halogens is 4. The number of rotatable bonds is 9. The Balaban J connectivity index is 1.66. The van der Waals surface area contributed by atoms with E-state index in [2.05, 4.69) is 5.32 Å². The van der Waals surface area contributed by atoms with Gasteiger partial charge in [0.1, 0.15) is 5.60 Å². The predicted octanol–water partition coefficient (Wildman–Crippen LogP) is 7.09. The Bertz CT molecular complexity index is 1200. The number of nitrogens with zero attached hydrogens (tertiary/aromatic N) is 2. The van der Waals surface area contributed by atoms with Crippen LogP contribution >= 0.6 is 23.4 Å². The van der Waals surface area contributed by atoms with Gasteiger partial charge >= 0.3 is 12.3 Å². The number of carbonyl (C=O) groups is 2. The van der Waals surface area contributed by atoms with Crippen molar-refractivity contribution in [3.05, 3.63) is 63.7 Å². The lowest BCUT2D eigenvalue weighted by Gasteiger charge is -2.26. The van der Waals surface area contributed by atoms with Crippen molar-refractivity contribution in [2.24, 2.45) is 5.92 Å². The lowest BCUT2D eigenvalue weighted by molar-refractivity contribution is -0.138. The first-order valence-electron chi connectivity index (χ1n) is 13.2. The fourth-order valence-electron chi connectivity index (χ4n) is 4.63. The van der Waals surface area contributed by atoms with Crippen LogP contribution < -0.4 is 5.32 Å². The molecule has 1 atom stereocenters. The summed E-state index contributed by atoms with van der Waals surface area (Å²) in [6.45, 7) is 9.28. The summed E-state index contributed by atoms with van der Waals surface area (Å²) in [5.41, 5.74) is -0.556. The van der Waals surface area contributed by atoms with Crippen molar-refractivity contribution in [1.82, 2.24) is 15.1 Å². The van der Waals surface area contributed by atoms with Gasteiger partial charge in [0.05, 0.1) is 5.56 Å². The molecule has 0 unspecified atom stereocenters. The molecule has 2 amide bonds. The van der Waals surface area contributed by atoms with Gasteiger partial charge in [0.25, 0.3) is 5.91 Å². The van der Waals surface area contributed by atoms with E-state index in [0.717, 1.165) is 28.7 Å². The molecule has 0 radical (unpaired) electrons. The average molecular weight is 600 g/mol. The van der Waals surface area contributed by atoms with Gasteiger partial charge in [-0.05, 0) is 86.9 Å². The number of carbonyl (C=O) groups excluding carboxylic acids is 2. The zero-order chi connectivity index (χ0) is 29.7. The molecule has 1 saturated heterocycles. The zero-order valence-corrected chi connectivity index (χ0v) is 25.1. The van der Waals surface area contributed by atoms with Gasteiger partial charge in [-0.15, -0.1) is 11.8 Å². The van der Waals surface area contributed by atoms with Crippen LogP contribution in [-0.2, 0) is 24.0 Å². The van der Waals surface area contributed by atoms with Crippen molar-refractivity contribution in [3.63, 3.8) is 0 Å². The molecule has 0 aromatic heterocycles. The molecule has 0 spiro atoms. The minimum absolute atomic E-state index is 0.0546. The van der Waals surface area contributed by atoms with Crippen molar-refractivity contribution < 1.29 is 27.5 Å². The SMILES string of the molecule is CCSc1ccc(Cl)cc1CNC(=O)c1ccc(CN2CC[C@H](CN(C)C(=O)OC(C)(C)C)C2)c(C(F)(F)F)c1. The van der Waals surface area contributed by atoms with E-state index in [0.29, 0.717) is 24.7 Å². The molecule has 2 aromatic carbocycles. The standard InChI is InChI=1S/C29H37ClF3N3O3S/c1-6-40-25-10-9-23(30)13-22(25)15-34-26(37)20-7-8-21(24(14-20)29(31,32)33)18-36-12-11-19(17-36)16-35(5)27(38)39-28(2,3)4/h7-10,13-14,19H,6,11-12,15-18H2,1-5H3,(H,34,37)/t19-/m1/s1. The van der Waals surface area contributed by atoms with E-state index in [9.17, 15) is 22.8 Å². The van der Waals surface area contributed by atoms with Crippen molar-refractivity contribution >= 4 is 35.4 Å². The van der Waals surface area contributed by atoms with Crippen LogP contribution in [0.4, 0.5) is 18.0 Å². The van der Waals surface area contributed by atoms with E-state index < -0.39 is 29.3 Å². The van der Waals surface area contributed by atoms with Crippen LogP contribution in [0.2, 0.25) is 5.02 Å². The monoisotopic (exact) mass is 599 g/mol. The van der Waals surface area contributed by atoms with Gasteiger partial charge in [-0.25, -0.2) is 4.79 Å². The Kier molecular flexibility index (Phi) is 10.8. The van der Waals surface area contributed by atoms with E-state index in [4.69, 9.17) is 16.3 Å². The fraction of sp³-hybridized carbons (Fsp3) is 0.517. The van der Waals surface area contributed by atoms with Gasteiger partial charge in [0.2, 0.25) is 0 Å². The van der Waals surface area contributed by atoms with Crippen LogP contribution in [0.25, 0.3) is 0 Å². The summed E-state index contributed by atoms with van der Waals surface area (Å²) in [5.74, 6) is 0.368. The van der Waals surface area contributed by atoms with Gasteiger partial charge < -0.3 is 15.0 Å². The van der Waals surface area contributed by atoms with Crippen LogP contribution in [-0.4, -0.2) is 59.8 Å². The minimum Gasteiger partial charge on any atom is -0.444 e. The Morgan fingerprint density at radius 1 is 1.15 bits per heavy atom. The third-order valence-electron chi connectivity index (χ3n) is 6.44. The van der Waals surface area contributed by atoms with E-state index in [1.165, 1.54) is 17.0 Å². The highest BCUT2D eigenvalue weighted by molar-refractivity contribution is 7.99. The Labute approximate surface area is 243 Å². The molecule has 1 heterocycles. The number of ether oxygens (including phenoxy) is 1. The highest BCUT2D eigenvalue weighted by Gasteiger charge is 2.35. The second kappa shape index (κ2) is 13.5. The number of nitrogens with one attached hydrogen (secondary N) is 1. The lowest BCUT2D eigenvalue weighted by atomic mass is 10.0. The predicted molar refractivity (Wildman–Crippen MR) is 153 cm³/mol. The first-order valence-corrected chi connectivity index (χ1v) is 14.6. The van der Waals surface area contributed by atoms with Gasteiger partial charge in [-0.2, -0.15) is 13.2 Å². The Hall–Kier alpha value is -2.43. The maximum atomic E-state index is 14.0. The molecule has 220 valence electrons. The molecular weight excluding hydrogens is 563 g/mol. The largest absolute Gasteiger partial charge is 0.444 e. The second-order valence-corrected chi connectivity index (χ2v) is 12.7. The fourth-order valence-corrected chi connectivity index (χ4v) is 5.61. The van der Waals surface area contributed by atoms with Gasteiger partial charge in [-0.1, -0.05) is 24.6 Å². The van der Waals surface area contributed by atoms with E-state index >= 15 is 0 Å². The topological polar surface area (TPSA) is 61.9 Å². The molecule has 1 aliphatic rings. The maximum Gasteiger partial charge on any atom is 0.416 e. The van der Waals surface area contributed by atoms with Crippen molar-refractivity contribution in [2.75, 3.05) is 32.4 Å². The second-order valence-electron chi connectivity index (χ2n) is 11.0. The summed E-state index contributed by atoms with van der Waals surface area (Å²) >= 11 is 7.70. The number of thioether (sulfide) groups is 1. The minimum atomic E-state index is -4.61. The molecule has 1 fully saturated rings. The van der Waals surface area contributed by atoms with Crippen LogP contribution in [0.3, 0.4) is 0 Å². The average Bonchev–Trinajstić information content (AvgIpc) is 3.29. The molecular formula is C29H37ClF3N3O3S. The number of amides is 2. The van der Waals surface area contributed by atoms with Crippen LogP contribution in [0.5, 0.6) is 0 Å². The molecule has 0 bridgehead atoms. The first kappa shape index (κ1) is 32.1. The summed E-state index contributed by atoms with van der Waals surface area (Å²) in [6.07, 6.45) is -4.27. The number of alkyl halides is 3. The molecule has 0 saturated carbocycles. The van der Waals surface area contributed by atoms with Gasteiger partial charge in [0.15, 0.2) is 0 Å². The Morgan fingerprint density at radius 3 is 2.52 bits per heavy atom. The third kappa shape index (κ3) is 9.31.